The molecule has 1 aliphatic rings. The molecule has 6 nitrogen and oxygen atoms in total. The number of benzene rings is 2. The van der Waals surface area contributed by atoms with Gasteiger partial charge in [0.25, 0.3) is 0 Å². The predicted molar refractivity (Wildman–Crippen MR) is 123 cm³/mol. The van der Waals surface area contributed by atoms with Gasteiger partial charge < -0.3 is 9.84 Å². The van der Waals surface area contributed by atoms with Crippen LogP contribution in [-0.4, -0.2) is 34.0 Å². The fraction of sp³-hybridized carbons (Fsp3) is 0.375. The minimum absolute atomic E-state index is 0.0509. The SMILES string of the molecule is CCC(NC(=O)C1CCN(Cc2nc(-c3ccc(Br)cc3)no2)CC1)c1ccccc1. The summed E-state index contributed by atoms with van der Waals surface area (Å²) >= 11 is 3.43. The normalized spacial score (nSPS) is 16.2. The van der Waals surface area contributed by atoms with Gasteiger partial charge in [-0.25, -0.2) is 0 Å². The van der Waals surface area contributed by atoms with Gasteiger partial charge in [-0.2, -0.15) is 4.98 Å². The zero-order valence-electron chi connectivity index (χ0n) is 17.6. The van der Waals surface area contributed by atoms with Gasteiger partial charge in [-0.1, -0.05) is 58.3 Å². The van der Waals surface area contributed by atoms with Crippen molar-refractivity contribution in [3.05, 3.63) is 70.5 Å². The van der Waals surface area contributed by atoms with E-state index in [1.807, 2.05) is 42.5 Å². The number of piperidine rings is 1. The second-order valence-corrected chi connectivity index (χ2v) is 8.86. The molecule has 1 N–H and O–H groups in total. The summed E-state index contributed by atoms with van der Waals surface area (Å²) in [7, 11) is 0. The summed E-state index contributed by atoms with van der Waals surface area (Å²) in [5.41, 5.74) is 2.09. The number of likely N-dealkylation sites (tertiary alicyclic amines) is 1. The Balaban J connectivity index is 1.28. The number of halogens is 1. The first-order chi connectivity index (χ1) is 15.1. The Kier molecular flexibility index (Phi) is 7.14. The molecule has 162 valence electrons. The molecule has 0 aliphatic carbocycles. The number of nitrogens with zero attached hydrogens (tertiary/aromatic N) is 3. The molecule has 4 rings (SSSR count). The number of hydrogen-bond donors (Lipinski definition) is 1. The molecule has 1 amide bonds. The van der Waals surface area contributed by atoms with Crippen LogP contribution < -0.4 is 5.32 Å². The molecule has 1 aliphatic heterocycles. The highest BCUT2D eigenvalue weighted by molar-refractivity contribution is 9.10. The van der Waals surface area contributed by atoms with E-state index in [-0.39, 0.29) is 17.9 Å². The third-order valence-electron chi connectivity index (χ3n) is 5.81. The van der Waals surface area contributed by atoms with Gasteiger partial charge in [0.2, 0.25) is 17.6 Å². The van der Waals surface area contributed by atoms with Crippen molar-refractivity contribution in [2.75, 3.05) is 13.1 Å². The van der Waals surface area contributed by atoms with Crippen LogP contribution in [-0.2, 0) is 11.3 Å². The quantitative estimate of drug-likeness (QED) is 0.514. The van der Waals surface area contributed by atoms with Crippen LogP contribution >= 0.6 is 15.9 Å². The zero-order valence-corrected chi connectivity index (χ0v) is 19.2. The van der Waals surface area contributed by atoms with Gasteiger partial charge in [-0.3, -0.25) is 9.69 Å². The van der Waals surface area contributed by atoms with Crippen molar-refractivity contribution >= 4 is 21.8 Å². The van der Waals surface area contributed by atoms with Gasteiger partial charge in [0, 0.05) is 16.0 Å². The van der Waals surface area contributed by atoms with Crippen LogP contribution in [0.25, 0.3) is 11.4 Å². The topological polar surface area (TPSA) is 71.3 Å². The van der Waals surface area contributed by atoms with Crippen LogP contribution in [0.1, 0.15) is 43.7 Å². The second kappa shape index (κ2) is 10.2. The van der Waals surface area contributed by atoms with E-state index in [1.165, 1.54) is 0 Å². The van der Waals surface area contributed by atoms with Crippen molar-refractivity contribution in [3.63, 3.8) is 0 Å². The van der Waals surface area contributed by atoms with E-state index >= 15 is 0 Å². The molecule has 2 heterocycles. The van der Waals surface area contributed by atoms with Crippen LogP contribution in [0.4, 0.5) is 0 Å². The van der Waals surface area contributed by atoms with Crippen LogP contribution in [0, 0.1) is 5.92 Å². The van der Waals surface area contributed by atoms with E-state index in [0.29, 0.717) is 18.3 Å². The molecule has 1 atom stereocenters. The Bertz CT molecular complexity index is 982. The number of rotatable bonds is 7. The Labute approximate surface area is 191 Å². The Morgan fingerprint density at radius 3 is 2.55 bits per heavy atom. The molecule has 31 heavy (non-hydrogen) atoms. The smallest absolute Gasteiger partial charge is 0.241 e. The summed E-state index contributed by atoms with van der Waals surface area (Å²) in [5.74, 6) is 1.42. The summed E-state index contributed by atoms with van der Waals surface area (Å²) in [4.78, 5) is 19.6. The molecule has 2 aromatic carbocycles. The standard InChI is InChI=1S/C24H27BrN4O2/c1-2-21(17-6-4-3-5-7-17)26-24(30)19-12-14-29(15-13-19)16-22-27-23(28-31-22)18-8-10-20(25)11-9-18/h3-11,19,21H,2,12-16H2,1H3,(H,26,30). The maximum atomic E-state index is 12.8. The van der Waals surface area contributed by atoms with Crippen molar-refractivity contribution in [2.24, 2.45) is 5.92 Å². The second-order valence-electron chi connectivity index (χ2n) is 7.95. The van der Waals surface area contributed by atoms with Crippen molar-refractivity contribution < 1.29 is 9.32 Å². The van der Waals surface area contributed by atoms with Crippen LogP contribution in [0.15, 0.2) is 63.6 Å². The zero-order chi connectivity index (χ0) is 21.6. The lowest BCUT2D eigenvalue weighted by atomic mass is 9.94. The Morgan fingerprint density at radius 2 is 1.87 bits per heavy atom. The molecule has 0 radical (unpaired) electrons. The first-order valence-corrected chi connectivity index (χ1v) is 11.6. The molecule has 0 bridgehead atoms. The Hall–Kier alpha value is -2.51. The predicted octanol–water partition coefficient (Wildman–Crippen LogP) is 4.98. The molecular formula is C24H27BrN4O2. The number of nitrogens with one attached hydrogen (secondary N) is 1. The lowest BCUT2D eigenvalue weighted by molar-refractivity contribution is -0.127. The average molecular weight is 483 g/mol. The first kappa shape index (κ1) is 21.7. The summed E-state index contributed by atoms with van der Waals surface area (Å²) in [6, 6.07) is 18.1. The molecule has 1 fully saturated rings. The lowest BCUT2D eigenvalue weighted by Gasteiger charge is -2.31. The van der Waals surface area contributed by atoms with E-state index < -0.39 is 0 Å². The van der Waals surface area contributed by atoms with E-state index in [0.717, 1.165) is 48.0 Å². The third-order valence-corrected chi connectivity index (χ3v) is 6.34. The highest BCUT2D eigenvalue weighted by Crippen LogP contribution is 2.23. The van der Waals surface area contributed by atoms with Crippen molar-refractivity contribution in [1.29, 1.82) is 0 Å². The van der Waals surface area contributed by atoms with Crippen molar-refractivity contribution in [2.45, 2.75) is 38.8 Å². The van der Waals surface area contributed by atoms with Crippen LogP contribution in [0.3, 0.4) is 0 Å². The number of aromatic nitrogens is 2. The minimum atomic E-state index is 0.0509. The monoisotopic (exact) mass is 482 g/mol. The molecule has 1 saturated heterocycles. The number of carbonyl (C=O) groups excluding carboxylic acids is 1. The molecular weight excluding hydrogens is 456 g/mol. The van der Waals surface area contributed by atoms with E-state index in [4.69, 9.17) is 4.52 Å². The molecule has 0 spiro atoms. The van der Waals surface area contributed by atoms with Gasteiger partial charge in [-0.05, 0) is 62.2 Å². The van der Waals surface area contributed by atoms with Gasteiger partial charge in [0.1, 0.15) is 0 Å². The van der Waals surface area contributed by atoms with Crippen molar-refractivity contribution in [3.8, 4) is 11.4 Å². The van der Waals surface area contributed by atoms with Crippen molar-refractivity contribution in [1.82, 2.24) is 20.4 Å². The maximum Gasteiger partial charge on any atom is 0.241 e. The average Bonchev–Trinajstić information content (AvgIpc) is 3.27. The summed E-state index contributed by atoms with van der Waals surface area (Å²) < 4.78 is 6.46. The van der Waals surface area contributed by atoms with Gasteiger partial charge in [0.05, 0.1) is 12.6 Å². The molecule has 1 aromatic heterocycles. The fourth-order valence-electron chi connectivity index (χ4n) is 3.98. The molecule has 1 unspecified atom stereocenters. The number of carbonyl (C=O) groups is 1. The molecule has 3 aromatic rings. The van der Waals surface area contributed by atoms with Crippen LogP contribution in [0.5, 0.6) is 0 Å². The minimum Gasteiger partial charge on any atom is -0.349 e. The van der Waals surface area contributed by atoms with E-state index in [1.54, 1.807) is 0 Å². The lowest BCUT2D eigenvalue weighted by Crippen LogP contribution is -2.41. The van der Waals surface area contributed by atoms with Gasteiger partial charge >= 0.3 is 0 Å². The molecule has 0 saturated carbocycles. The highest BCUT2D eigenvalue weighted by atomic mass is 79.9. The summed E-state index contributed by atoms with van der Waals surface area (Å²) in [6.07, 6.45) is 2.56. The largest absolute Gasteiger partial charge is 0.349 e. The van der Waals surface area contributed by atoms with E-state index in [9.17, 15) is 4.79 Å². The van der Waals surface area contributed by atoms with Gasteiger partial charge in [-0.15, -0.1) is 0 Å². The van der Waals surface area contributed by atoms with Gasteiger partial charge in [0.15, 0.2) is 0 Å². The summed E-state index contributed by atoms with van der Waals surface area (Å²) in [6.45, 7) is 4.40. The summed E-state index contributed by atoms with van der Waals surface area (Å²) in [5, 5.41) is 7.34. The Morgan fingerprint density at radius 1 is 1.16 bits per heavy atom. The number of amides is 1. The third kappa shape index (κ3) is 5.60. The fourth-order valence-corrected chi connectivity index (χ4v) is 4.24. The van der Waals surface area contributed by atoms with Crippen LogP contribution in [0.2, 0.25) is 0 Å². The first-order valence-electron chi connectivity index (χ1n) is 10.8. The number of hydrogen-bond acceptors (Lipinski definition) is 5. The highest BCUT2D eigenvalue weighted by Gasteiger charge is 2.27. The molecule has 7 heteroatoms. The maximum absolute atomic E-state index is 12.8. The van der Waals surface area contributed by atoms with E-state index in [2.05, 4.69) is 55.3 Å².